The van der Waals surface area contributed by atoms with Crippen molar-refractivity contribution in [2.24, 2.45) is 5.92 Å². The minimum absolute atomic E-state index is 0.125. The Labute approximate surface area is 161 Å². The highest BCUT2D eigenvalue weighted by atomic mass is 32.2. The molecule has 1 saturated heterocycles. The van der Waals surface area contributed by atoms with Crippen molar-refractivity contribution in [1.82, 2.24) is 4.31 Å². The van der Waals surface area contributed by atoms with Crippen LogP contribution in [0.1, 0.15) is 29.5 Å². The van der Waals surface area contributed by atoms with E-state index in [2.05, 4.69) is 5.32 Å². The minimum atomic E-state index is -3.61. The maximum absolute atomic E-state index is 13.1. The van der Waals surface area contributed by atoms with E-state index >= 15 is 0 Å². The molecule has 1 N–H and O–H groups in total. The summed E-state index contributed by atoms with van der Waals surface area (Å²) < 4.78 is 27.7. The molecule has 0 unspecified atom stereocenters. The molecule has 3 rings (SSSR count). The zero-order chi connectivity index (χ0) is 19.6. The van der Waals surface area contributed by atoms with Gasteiger partial charge in [-0.3, -0.25) is 4.79 Å². The van der Waals surface area contributed by atoms with Crippen molar-refractivity contribution in [2.75, 3.05) is 18.4 Å². The molecule has 5 nitrogen and oxygen atoms in total. The first kappa shape index (κ1) is 19.6. The molecule has 6 heteroatoms. The van der Waals surface area contributed by atoms with Gasteiger partial charge in [-0.25, -0.2) is 8.42 Å². The number of aryl methyl sites for hydroxylation is 3. The van der Waals surface area contributed by atoms with Gasteiger partial charge in [0.25, 0.3) is 0 Å². The van der Waals surface area contributed by atoms with Crippen molar-refractivity contribution >= 4 is 21.6 Å². The van der Waals surface area contributed by atoms with E-state index in [0.717, 1.165) is 22.4 Å². The number of rotatable bonds is 4. The van der Waals surface area contributed by atoms with Crippen molar-refractivity contribution in [3.63, 3.8) is 0 Å². The fraction of sp³-hybridized carbons (Fsp3) is 0.381. The third kappa shape index (κ3) is 4.39. The molecule has 2 aromatic carbocycles. The van der Waals surface area contributed by atoms with Crippen molar-refractivity contribution in [1.29, 1.82) is 0 Å². The van der Waals surface area contributed by atoms with Crippen LogP contribution in [0.5, 0.6) is 0 Å². The number of piperidine rings is 1. The molecule has 144 valence electrons. The summed E-state index contributed by atoms with van der Waals surface area (Å²) in [7, 11) is -3.61. The lowest BCUT2D eigenvalue weighted by Gasteiger charge is -2.31. The standard InChI is InChI=1S/C21H26N2O3S/c1-15-7-10-19(11-8-15)22-21(24)18-5-4-12-23(14-18)27(25,26)20-13-16(2)6-9-17(20)3/h6-11,13,18H,4-5,12,14H2,1-3H3,(H,22,24)/t18-/m0/s1. The first-order chi connectivity index (χ1) is 12.8. The first-order valence-electron chi connectivity index (χ1n) is 9.22. The predicted octanol–water partition coefficient (Wildman–Crippen LogP) is 3.65. The van der Waals surface area contributed by atoms with E-state index in [9.17, 15) is 13.2 Å². The lowest BCUT2D eigenvalue weighted by atomic mass is 9.98. The molecule has 1 atom stereocenters. The van der Waals surface area contributed by atoms with E-state index < -0.39 is 10.0 Å². The van der Waals surface area contributed by atoms with Crippen LogP contribution in [0.4, 0.5) is 5.69 Å². The highest BCUT2D eigenvalue weighted by Gasteiger charge is 2.34. The average Bonchev–Trinajstić information content (AvgIpc) is 2.65. The van der Waals surface area contributed by atoms with Crippen molar-refractivity contribution < 1.29 is 13.2 Å². The first-order valence-corrected chi connectivity index (χ1v) is 10.7. The molecule has 2 aromatic rings. The van der Waals surface area contributed by atoms with Crippen LogP contribution >= 0.6 is 0 Å². The molecule has 1 amide bonds. The number of hydrogen-bond donors (Lipinski definition) is 1. The number of hydrogen-bond acceptors (Lipinski definition) is 3. The van der Waals surface area contributed by atoms with E-state index in [1.807, 2.05) is 50.2 Å². The zero-order valence-corrected chi connectivity index (χ0v) is 16.8. The van der Waals surface area contributed by atoms with Crippen molar-refractivity contribution in [3.05, 3.63) is 59.2 Å². The number of anilines is 1. The van der Waals surface area contributed by atoms with Gasteiger partial charge in [-0.2, -0.15) is 4.31 Å². The van der Waals surface area contributed by atoms with E-state index in [-0.39, 0.29) is 18.4 Å². The fourth-order valence-electron chi connectivity index (χ4n) is 3.38. The van der Waals surface area contributed by atoms with Crippen LogP contribution < -0.4 is 5.32 Å². The highest BCUT2D eigenvalue weighted by molar-refractivity contribution is 7.89. The molecule has 1 heterocycles. The summed E-state index contributed by atoms with van der Waals surface area (Å²) in [6, 6.07) is 13.0. The smallest absolute Gasteiger partial charge is 0.243 e. The Hall–Kier alpha value is -2.18. The second-order valence-corrected chi connectivity index (χ2v) is 9.23. The van der Waals surface area contributed by atoms with Crippen LogP contribution in [-0.4, -0.2) is 31.7 Å². The van der Waals surface area contributed by atoms with Gasteiger partial charge in [-0.1, -0.05) is 29.8 Å². The Morgan fingerprint density at radius 3 is 2.41 bits per heavy atom. The van der Waals surface area contributed by atoms with Gasteiger partial charge in [0.1, 0.15) is 0 Å². The topological polar surface area (TPSA) is 66.5 Å². The molecule has 0 aliphatic carbocycles. The fourth-order valence-corrected chi connectivity index (χ4v) is 5.21. The average molecular weight is 387 g/mol. The Balaban J connectivity index is 1.76. The Kier molecular flexibility index (Phi) is 5.67. The quantitative estimate of drug-likeness (QED) is 0.872. The van der Waals surface area contributed by atoms with E-state index in [1.54, 1.807) is 13.0 Å². The number of amides is 1. The molecular formula is C21H26N2O3S. The summed E-state index contributed by atoms with van der Waals surface area (Å²) in [6.07, 6.45) is 1.37. The highest BCUT2D eigenvalue weighted by Crippen LogP contribution is 2.27. The number of benzene rings is 2. The van der Waals surface area contributed by atoms with Gasteiger partial charge in [0.05, 0.1) is 10.8 Å². The van der Waals surface area contributed by atoms with Crippen LogP contribution in [0.2, 0.25) is 0 Å². The second kappa shape index (κ2) is 7.82. The lowest BCUT2D eigenvalue weighted by Crippen LogP contribution is -2.43. The number of carbonyl (C=O) groups is 1. The SMILES string of the molecule is Cc1ccc(NC(=O)[C@H]2CCCN(S(=O)(=O)c3cc(C)ccc3C)C2)cc1. The number of sulfonamides is 1. The van der Waals surface area contributed by atoms with E-state index in [4.69, 9.17) is 0 Å². The summed E-state index contributed by atoms with van der Waals surface area (Å²) in [5.41, 5.74) is 3.49. The third-order valence-corrected chi connectivity index (χ3v) is 7.04. The molecular weight excluding hydrogens is 360 g/mol. The maximum atomic E-state index is 13.1. The van der Waals surface area contributed by atoms with Crippen LogP contribution in [0.15, 0.2) is 47.4 Å². The van der Waals surface area contributed by atoms with Gasteiger partial charge < -0.3 is 5.32 Å². The summed E-state index contributed by atoms with van der Waals surface area (Å²) >= 11 is 0. The van der Waals surface area contributed by atoms with Gasteiger partial charge in [-0.05, 0) is 62.9 Å². The Bertz CT molecular complexity index is 936. The normalized spacial score (nSPS) is 18.3. The lowest BCUT2D eigenvalue weighted by molar-refractivity contribution is -0.120. The molecule has 0 bridgehead atoms. The molecule has 27 heavy (non-hydrogen) atoms. The van der Waals surface area contributed by atoms with Crippen LogP contribution in [0.25, 0.3) is 0 Å². The van der Waals surface area contributed by atoms with Gasteiger partial charge in [0.15, 0.2) is 0 Å². The van der Waals surface area contributed by atoms with Crippen molar-refractivity contribution in [3.8, 4) is 0 Å². The molecule has 0 saturated carbocycles. The summed E-state index contributed by atoms with van der Waals surface area (Å²) in [5.74, 6) is -0.473. The van der Waals surface area contributed by atoms with E-state index in [0.29, 0.717) is 24.3 Å². The van der Waals surface area contributed by atoms with Gasteiger partial charge >= 0.3 is 0 Å². The van der Waals surface area contributed by atoms with Crippen LogP contribution in [0, 0.1) is 26.7 Å². The maximum Gasteiger partial charge on any atom is 0.243 e. The molecule has 0 aromatic heterocycles. The van der Waals surface area contributed by atoms with Gasteiger partial charge in [-0.15, -0.1) is 0 Å². The second-order valence-electron chi connectivity index (χ2n) is 7.33. The summed E-state index contributed by atoms with van der Waals surface area (Å²) in [6.45, 7) is 6.34. The third-order valence-electron chi connectivity index (χ3n) is 5.04. The summed E-state index contributed by atoms with van der Waals surface area (Å²) in [5, 5.41) is 2.91. The van der Waals surface area contributed by atoms with E-state index in [1.165, 1.54) is 4.31 Å². The molecule has 1 fully saturated rings. The largest absolute Gasteiger partial charge is 0.326 e. The monoisotopic (exact) mass is 386 g/mol. The number of nitrogens with one attached hydrogen (secondary N) is 1. The predicted molar refractivity (Wildman–Crippen MR) is 107 cm³/mol. The molecule has 0 radical (unpaired) electrons. The minimum Gasteiger partial charge on any atom is -0.326 e. The summed E-state index contributed by atoms with van der Waals surface area (Å²) in [4.78, 5) is 13.0. The Morgan fingerprint density at radius 1 is 1.04 bits per heavy atom. The molecule has 0 spiro atoms. The number of nitrogens with zero attached hydrogens (tertiary/aromatic N) is 1. The van der Waals surface area contributed by atoms with Gasteiger partial charge in [0.2, 0.25) is 15.9 Å². The zero-order valence-electron chi connectivity index (χ0n) is 16.0. The molecule has 1 aliphatic rings. The molecule has 1 aliphatic heterocycles. The number of carbonyl (C=O) groups excluding carboxylic acids is 1. The Morgan fingerprint density at radius 2 is 1.70 bits per heavy atom. The van der Waals surface area contributed by atoms with Crippen LogP contribution in [-0.2, 0) is 14.8 Å². The van der Waals surface area contributed by atoms with Gasteiger partial charge in [0, 0.05) is 18.8 Å². The van der Waals surface area contributed by atoms with Crippen molar-refractivity contribution in [2.45, 2.75) is 38.5 Å². The van der Waals surface area contributed by atoms with Crippen LogP contribution in [0.3, 0.4) is 0 Å².